The van der Waals surface area contributed by atoms with E-state index in [1.807, 2.05) is 30.3 Å². The van der Waals surface area contributed by atoms with E-state index in [-0.39, 0.29) is 12.6 Å². The van der Waals surface area contributed by atoms with E-state index in [0.29, 0.717) is 22.9 Å². The van der Waals surface area contributed by atoms with Gasteiger partial charge in [0.15, 0.2) is 12.6 Å². The van der Waals surface area contributed by atoms with Gasteiger partial charge in [0.2, 0.25) is 0 Å². The number of hydrogen-bond donors (Lipinski definition) is 0. The van der Waals surface area contributed by atoms with Crippen molar-refractivity contribution in [3.63, 3.8) is 0 Å². The summed E-state index contributed by atoms with van der Waals surface area (Å²) in [6, 6.07) is 14.8. The first kappa shape index (κ1) is 14.6. The zero-order chi connectivity index (χ0) is 14.4. The minimum atomic E-state index is -0.0921. The molecule has 0 N–H and O–H groups in total. The summed E-state index contributed by atoms with van der Waals surface area (Å²) in [4.78, 5) is 11.5. The standard InChI is InChI=1S/C16H15ClO3/c1-12(18)15-9-14(17)7-8-16(15)20-11-19-10-13-5-3-2-4-6-13/h2-9H,10-11H2,1H3. The fourth-order valence-electron chi connectivity index (χ4n) is 1.74. The smallest absolute Gasteiger partial charge is 0.189 e. The Bertz CT molecular complexity index is 582. The molecule has 0 aliphatic rings. The van der Waals surface area contributed by atoms with E-state index in [9.17, 15) is 4.79 Å². The number of carbonyl (C=O) groups is 1. The second-order valence-electron chi connectivity index (χ2n) is 4.29. The van der Waals surface area contributed by atoms with Crippen LogP contribution in [-0.4, -0.2) is 12.6 Å². The third-order valence-corrected chi connectivity index (χ3v) is 2.97. The van der Waals surface area contributed by atoms with Gasteiger partial charge in [0.25, 0.3) is 0 Å². The normalized spacial score (nSPS) is 10.3. The van der Waals surface area contributed by atoms with Crippen LogP contribution in [0.5, 0.6) is 5.75 Å². The molecule has 0 unspecified atom stereocenters. The highest BCUT2D eigenvalue weighted by Gasteiger charge is 2.09. The molecule has 0 atom stereocenters. The van der Waals surface area contributed by atoms with Crippen molar-refractivity contribution in [1.29, 1.82) is 0 Å². The summed E-state index contributed by atoms with van der Waals surface area (Å²) in [6.45, 7) is 2.02. The van der Waals surface area contributed by atoms with Crippen LogP contribution >= 0.6 is 11.6 Å². The summed E-state index contributed by atoms with van der Waals surface area (Å²) < 4.78 is 10.9. The number of Topliss-reactive ketones (excluding diaryl/α,β-unsaturated/α-hetero) is 1. The molecule has 4 heteroatoms. The number of halogens is 1. The second-order valence-corrected chi connectivity index (χ2v) is 4.73. The molecule has 20 heavy (non-hydrogen) atoms. The minimum absolute atomic E-state index is 0.0802. The molecule has 3 nitrogen and oxygen atoms in total. The average Bonchev–Trinajstić information content (AvgIpc) is 2.45. The first-order valence-electron chi connectivity index (χ1n) is 6.22. The van der Waals surface area contributed by atoms with E-state index in [4.69, 9.17) is 21.1 Å². The van der Waals surface area contributed by atoms with E-state index < -0.39 is 0 Å². The van der Waals surface area contributed by atoms with Gasteiger partial charge in [0, 0.05) is 5.02 Å². The van der Waals surface area contributed by atoms with Crippen molar-refractivity contribution in [2.45, 2.75) is 13.5 Å². The van der Waals surface area contributed by atoms with Crippen LogP contribution in [0.25, 0.3) is 0 Å². The van der Waals surface area contributed by atoms with Gasteiger partial charge >= 0.3 is 0 Å². The zero-order valence-electron chi connectivity index (χ0n) is 11.1. The third-order valence-electron chi connectivity index (χ3n) is 2.73. The second kappa shape index (κ2) is 7.08. The Labute approximate surface area is 123 Å². The van der Waals surface area contributed by atoms with E-state index in [0.717, 1.165) is 5.56 Å². The predicted molar refractivity (Wildman–Crippen MR) is 78.2 cm³/mol. The van der Waals surface area contributed by atoms with Crippen molar-refractivity contribution in [2.24, 2.45) is 0 Å². The third kappa shape index (κ3) is 4.08. The largest absolute Gasteiger partial charge is 0.467 e. The van der Waals surface area contributed by atoms with Gasteiger partial charge in [-0.2, -0.15) is 0 Å². The van der Waals surface area contributed by atoms with E-state index in [1.165, 1.54) is 6.92 Å². The fourth-order valence-corrected chi connectivity index (χ4v) is 1.91. The quantitative estimate of drug-likeness (QED) is 0.456. The van der Waals surface area contributed by atoms with Gasteiger partial charge in [-0.25, -0.2) is 0 Å². The Morgan fingerprint density at radius 2 is 1.90 bits per heavy atom. The van der Waals surface area contributed by atoms with E-state index in [2.05, 4.69) is 0 Å². The Morgan fingerprint density at radius 1 is 1.15 bits per heavy atom. The highest BCUT2D eigenvalue weighted by Crippen LogP contribution is 2.23. The molecule has 0 fully saturated rings. The molecule has 2 rings (SSSR count). The van der Waals surface area contributed by atoms with Crippen molar-refractivity contribution in [3.8, 4) is 5.75 Å². The Morgan fingerprint density at radius 3 is 2.60 bits per heavy atom. The average molecular weight is 291 g/mol. The van der Waals surface area contributed by atoms with Crippen molar-refractivity contribution >= 4 is 17.4 Å². The molecular weight excluding hydrogens is 276 g/mol. The highest BCUT2D eigenvalue weighted by atomic mass is 35.5. The van der Waals surface area contributed by atoms with Crippen LogP contribution in [0.4, 0.5) is 0 Å². The maximum atomic E-state index is 11.5. The topological polar surface area (TPSA) is 35.5 Å². The first-order valence-corrected chi connectivity index (χ1v) is 6.59. The number of ether oxygens (including phenoxy) is 2. The number of ketones is 1. The fraction of sp³-hybridized carbons (Fsp3) is 0.188. The van der Waals surface area contributed by atoms with E-state index in [1.54, 1.807) is 18.2 Å². The molecule has 0 spiro atoms. The van der Waals surface area contributed by atoms with Crippen LogP contribution in [0.15, 0.2) is 48.5 Å². The molecular formula is C16H15ClO3. The number of hydrogen-bond acceptors (Lipinski definition) is 3. The minimum Gasteiger partial charge on any atom is -0.467 e. The van der Waals surface area contributed by atoms with Crippen molar-refractivity contribution < 1.29 is 14.3 Å². The summed E-state index contributed by atoms with van der Waals surface area (Å²) in [5.74, 6) is 0.389. The Kier molecular flexibility index (Phi) is 5.16. The summed E-state index contributed by atoms with van der Waals surface area (Å²) in [6.07, 6.45) is 0. The molecule has 0 bridgehead atoms. The first-order chi connectivity index (χ1) is 9.66. The van der Waals surface area contributed by atoms with Crippen LogP contribution in [0.1, 0.15) is 22.8 Å². The molecule has 0 saturated heterocycles. The lowest BCUT2D eigenvalue weighted by atomic mass is 10.1. The lowest BCUT2D eigenvalue weighted by molar-refractivity contribution is 0.00469. The van der Waals surface area contributed by atoms with Gasteiger partial charge in [0.05, 0.1) is 12.2 Å². The van der Waals surface area contributed by atoms with Crippen LogP contribution in [-0.2, 0) is 11.3 Å². The summed E-state index contributed by atoms with van der Waals surface area (Å²) in [5, 5.41) is 0.507. The monoisotopic (exact) mass is 290 g/mol. The summed E-state index contributed by atoms with van der Waals surface area (Å²) in [7, 11) is 0. The zero-order valence-corrected chi connectivity index (χ0v) is 11.9. The van der Waals surface area contributed by atoms with Gasteiger partial charge in [0.1, 0.15) is 5.75 Å². The van der Waals surface area contributed by atoms with Gasteiger partial charge in [-0.3, -0.25) is 4.79 Å². The molecule has 0 heterocycles. The van der Waals surface area contributed by atoms with Crippen LogP contribution in [0.3, 0.4) is 0 Å². The van der Waals surface area contributed by atoms with Crippen molar-refractivity contribution in [2.75, 3.05) is 6.79 Å². The molecule has 0 aliphatic carbocycles. The lowest BCUT2D eigenvalue weighted by Gasteiger charge is -2.10. The Hall–Kier alpha value is -1.84. The molecule has 0 aromatic heterocycles. The van der Waals surface area contributed by atoms with Gasteiger partial charge in [-0.15, -0.1) is 0 Å². The van der Waals surface area contributed by atoms with Crippen molar-refractivity contribution in [1.82, 2.24) is 0 Å². The van der Waals surface area contributed by atoms with Crippen LogP contribution in [0.2, 0.25) is 5.02 Å². The van der Waals surface area contributed by atoms with E-state index >= 15 is 0 Å². The number of carbonyl (C=O) groups excluding carboxylic acids is 1. The number of benzene rings is 2. The molecule has 0 amide bonds. The molecule has 0 radical (unpaired) electrons. The maximum absolute atomic E-state index is 11.5. The maximum Gasteiger partial charge on any atom is 0.189 e. The molecule has 2 aromatic carbocycles. The van der Waals surface area contributed by atoms with Gasteiger partial charge in [-0.05, 0) is 30.7 Å². The van der Waals surface area contributed by atoms with Crippen LogP contribution in [0, 0.1) is 0 Å². The predicted octanol–water partition coefficient (Wildman–Crippen LogP) is 4.10. The molecule has 104 valence electrons. The summed E-state index contributed by atoms with van der Waals surface area (Å²) >= 11 is 5.86. The van der Waals surface area contributed by atoms with Gasteiger partial charge in [-0.1, -0.05) is 41.9 Å². The number of rotatable bonds is 6. The van der Waals surface area contributed by atoms with Gasteiger partial charge < -0.3 is 9.47 Å². The highest BCUT2D eigenvalue weighted by molar-refractivity contribution is 6.31. The SMILES string of the molecule is CC(=O)c1cc(Cl)ccc1OCOCc1ccccc1. The molecule has 2 aromatic rings. The lowest BCUT2D eigenvalue weighted by Crippen LogP contribution is -2.06. The van der Waals surface area contributed by atoms with Crippen molar-refractivity contribution in [3.05, 3.63) is 64.7 Å². The molecule has 0 saturated carbocycles. The molecule has 0 aliphatic heterocycles. The summed E-state index contributed by atoms with van der Waals surface area (Å²) in [5.41, 5.74) is 1.53. The Balaban J connectivity index is 1.90. The van der Waals surface area contributed by atoms with Crippen LogP contribution < -0.4 is 4.74 Å².